The van der Waals surface area contributed by atoms with Crippen LogP contribution >= 0.6 is 11.3 Å². The van der Waals surface area contributed by atoms with Gasteiger partial charge in [-0.1, -0.05) is 12.1 Å². The minimum absolute atomic E-state index is 0.265. The minimum Gasteiger partial charge on any atom is -0.482 e. The summed E-state index contributed by atoms with van der Waals surface area (Å²) in [4.78, 5) is 28.3. The molecule has 2 aliphatic rings. The van der Waals surface area contributed by atoms with E-state index in [1.165, 1.54) is 7.11 Å². The fraction of sp³-hybridized carbons (Fsp3) is 0.368. The summed E-state index contributed by atoms with van der Waals surface area (Å²) in [5, 5.41) is 1.94. The maximum atomic E-state index is 13.3. The average Bonchev–Trinajstić information content (AvgIpc) is 3.14. The molecule has 0 spiro atoms. The number of amides is 1. The first-order chi connectivity index (χ1) is 12.6. The first-order valence-electron chi connectivity index (χ1n) is 8.47. The highest BCUT2D eigenvalue weighted by Gasteiger charge is 2.43. The lowest BCUT2D eigenvalue weighted by atomic mass is 9.98. The van der Waals surface area contributed by atoms with Crippen molar-refractivity contribution in [2.24, 2.45) is 0 Å². The number of nitrogens with zero attached hydrogens (tertiary/aromatic N) is 1. The van der Waals surface area contributed by atoms with Crippen LogP contribution < -0.4 is 9.47 Å². The lowest BCUT2D eigenvalue weighted by Crippen LogP contribution is -2.54. The topological polar surface area (TPSA) is 65.1 Å². The third-order valence-electron chi connectivity index (χ3n) is 4.76. The molecule has 1 aromatic carbocycles. The predicted octanol–water partition coefficient (Wildman–Crippen LogP) is 2.58. The predicted molar refractivity (Wildman–Crippen MR) is 95.4 cm³/mol. The van der Waals surface area contributed by atoms with Gasteiger partial charge in [-0.15, -0.1) is 11.3 Å². The number of esters is 1. The molecule has 0 saturated heterocycles. The van der Waals surface area contributed by atoms with Crippen LogP contribution in [0.4, 0.5) is 0 Å². The van der Waals surface area contributed by atoms with Crippen molar-refractivity contribution in [2.75, 3.05) is 13.7 Å². The van der Waals surface area contributed by atoms with Gasteiger partial charge in [0, 0.05) is 11.4 Å². The van der Waals surface area contributed by atoms with Gasteiger partial charge in [0.1, 0.15) is 6.10 Å². The number of hydrogen-bond donors (Lipinski definition) is 0. The van der Waals surface area contributed by atoms with Crippen molar-refractivity contribution < 1.29 is 23.8 Å². The number of ether oxygens (including phenoxy) is 3. The van der Waals surface area contributed by atoms with Crippen LogP contribution in [0.3, 0.4) is 0 Å². The molecule has 3 atom stereocenters. The summed E-state index contributed by atoms with van der Waals surface area (Å²) in [6.07, 6.45) is -0.554. The first kappa shape index (κ1) is 16.9. The SMILES string of the molecule is COC(=O)[C@@H]1c2ccsc2CCN1C(=O)[C@H]1Oc2ccccc2O[C@H]1C. The van der Waals surface area contributed by atoms with Gasteiger partial charge in [0.2, 0.25) is 6.10 Å². The fourth-order valence-electron chi connectivity index (χ4n) is 3.47. The fourth-order valence-corrected chi connectivity index (χ4v) is 4.38. The number of para-hydroxylation sites is 2. The highest BCUT2D eigenvalue weighted by Crippen LogP contribution is 2.37. The number of benzene rings is 1. The quantitative estimate of drug-likeness (QED) is 0.757. The van der Waals surface area contributed by atoms with Crippen molar-refractivity contribution in [1.29, 1.82) is 0 Å². The summed E-state index contributed by atoms with van der Waals surface area (Å²) in [5.41, 5.74) is 0.839. The number of thiophene rings is 1. The molecule has 0 saturated carbocycles. The van der Waals surface area contributed by atoms with Gasteiger partial charge in [0.15, 0.2) is 17.5 Å². The Morgan fingerprint density at radius 2 is 1.92 bits per heavy atom. The van der Waals surface area contributed by atoms with E-state index in [9.17, 15) is 9.59 Å². The van der Waals surface area contributed by atoms with Crippen molar-refractivity contribution in [3.63, 3.8) is 0 Å². The Morgan fingerprint density at radius 3 is 2.65 bits per heavy atom. The van der Waals surface area contributed by atoms with Gasteiger partial charge in [-0.05, 0) is 42.5 Å². The summed E-state index contributed by atoms with van der Waals surface area (Å²) in [5.74, 6) is 0.445. The Morgan fingerprint density at radius 1 is 1.19 bits per heavy atom. The zero-order chi connectivity index (χ0) is 18.3. The van der Waals surface area contributed by atoms with Crippen LogP contribution in [-0.2, 0) is 20.7 Å². The van der Waals surface area contributed by atoms with Crippen molar-refractivity contribution in [1.82, 2.24) is 4.90 Å². The van der Waals surface area contributed by atoms with Gasteiger partial charge in [-0.25, -0.2) is 4.79 Å². The number of methoxy groups -OCH3 is 1. The summed E-state index contributed by atoms with van der Waals surface area (Å²) in [6, 6.07) is 8.41. The van der Waals surface area contributed by atoms with E-state index in [0.717, 1.165) is 10.4 Å². The molecule has 0 radical (unpaired) electrons. The van der Waals surface area contributed by atoms with Gasteiger partial charge < -0.3 is 19.1 Å². The van der Waals surface area contributed by atoms with E-state index >= 15 is 0 Å². The standard InChI is InChI=1S/C19H19NO5S/c1-11-17(25-14-6-4-3-5-13(14)24-11)18(21)20-9-7-15-12(8-10-26-15)16(20)19(22)23-2/h3-6,8,10-11,16-17H,7,9H2,1-2H3/t11-,16-,17-/m0/s1. The van der Waals surface area contributed by atoms with E-state index in [1.807, 2.05) is 29.6 Å². The van der Waals surface area contributed by atoms with Crippen molar-refractivity contribution in [3.05, 3.63) is 46.2 Å². The Balaban J connectivity index is 1.64. The number of hydrogen-bond acceptors (Lipinski definition) is 6. The summed E-state index contributed by atoms with van der Waals surface area (Å²) in [7, 11) is 1.34. The van der Waals surface area contributed by atoms with Crippen molar-refractivity contribution in [3.8, 4) is 11.5 Å². The third kappa shape index (κ3) is 2.72. The van der Waals surface area contributed by atoms with E-state index in [4.69, 9.17) is 14.2 Å². The van der Waals surface area contributed by atoms with E-state index in [0.29, 0.717) is 24.5 Å². The molecular formula is C19H19NO5S. The number of rotatable bonds is 2. The van der Waals surface area contributed by atoms with E-state index in [1.54, 1.807) is 29.2 Å². The molecule has 2 aliphatic heterocycles. The molecule has 1 amide bonds. The van der Waals surface area contributed by atoms with Crippen molar-refractivity contribution >= 4 is 23.2 Å². The van der Waals surface area contributed by atoms with E-state index in [2.05, 4.69) is 0 Å². The Bertz CT molecular complexity index is 848. The zero-order valence-electron chi connectivity index (χ0n) is 14.5. The number of carbonyl (C=O) groups excluding carboxylic acids is 2. The number of carbonyl (C=O) groups is 2. The summed E-state index contributed by atoms with van der Waals surface area (Å²) in [6.45, 7) is 2.24. The maximum absolute atomic E-state index is 13.3. The Kier molecular flexibility index (Phi) is 4.32. The van der Waals surface area contributed by atoms with Crippen LogP contribution in [0.2, 0.25) is 0 Å². The molecule has 0 unspecified atom stereocenters. The molecule has 6 nitrogen and oxygen atoms in total. The highest BCUT2D eigenvalue weighted by molar-refractivity contribution is 7.10. The van der Waals surface area contributed by atoms with E-state index in [-0.39, 0.29) is 5.91 Å². The Hall–Kier alpha value is -2.54. The zero-order valence-corrected chi connectivity index (χ0v) is 15.3. The molecule has 4 rings (SSSR count). The second-order valence-electron chi connectivity index (χ2n) is 6.31. The monoisotopic (exact) mass is 373 g/mol. The third-order valence-corrected chi connectivity index (χ3v) is 5.76. The molecule has 0 bridgehead atoms. The van der Waals surface area contributed by atoms with Crippen LogP contribution in [0.15, 0.2) is 35.7 Å². The molecule has 7 heteroatoms. The van der Waals surface area contributed by atoms with Crippen LogP contribution in [0.5, 0.6) is 11.5 Å². The second kappa shape index (κ2) is 6.64. The first-order valence-corrected chi connectivity index (χ1v) is 9.35. The van der Waals surface area contributed by atoms with E-state index < -0.39 is 24.2 Å². The molecular weight excluding hydrogens is 354 g/mol. The number of fused-ring (bicyclic) bond motifs is 2. The lowest BCUT2D eigenvalue weighted by molar-refractivity contribution is -0.159. The van der Waals surface area contributed by atoms with Gasteiger partial charge >= 0.3 is 5.97 Å². The average molecular weight is 373 g/mol. The normalized spacial score (nSPS) is 23.9. The summed E-state index contributed by atoms with van der Waals surface area (Å²) >= 11 is 1.60. The smallest absolute Gasteiger partial charge is 0.333 e. The lowest BCUT2D eigenvalue weighted by Gasteiger charge is -2.39. The second-order valence-corrected chi connectivity index (χ2v) is 7.32. The van der Waals surface area contributed by atoms with Gasteiger partial charge in [-0.3, -0.25) is 4.79 Å². The van der Waals surface area contributed by atoms with Crippen LogP contribution in [0, 0.1) is 0 Å². The molecule has 1 aromatic heterocycles. The minimum atomic E-state index is -0.808. The molecule has 0 fully saturated rings. The molecule has 2 aromatic rings. The summed E-state index contributed by atoms with van der Waals surface area (Å²) < 4.78 is 16.7. The molecule has 0 N–H and O–H groups in total. The highest BCUT2D eigenvalue weighted by atomic mass is 32.1. The molecule has 136 valence electrons. The van der Waals surface area contributed by atoms with Gasteiger partial charge in [0.05, 0.1) is 7.11 Å². The largest absolute Gasteiger partial charge is 0.482 e. The molecule has 26 heavy (non-hydrogen) atoms. The Labute approximate surface area is 155 Å². The van der Waals surface area contributed by atoms with Crippen LogP contribution in [0.1, 0.15) is 23.4 Å². The van der Waals surface area contributed by atoms with Crippen LogP contribution in [-0.4, -0.2) is 42.6 Å². The van der Waals surface area contributed by atoms with Crippen LogP contribution in [0.25, 0.3) is 0 Å². The molecule has 3 heterocycles. The van der Waals surface area contributed by atoms with Gasteiger partial charge in [-0.2, -0.15) is 0 Å². The maximum Gasteiger partial charge on any atom is 0.333 e. The van der Waals surface area contributed by atoms with Crippen molar-refractivity contribution in [2.45, 2.75) is 31.6 Å². The van der Waals surface area contributed by atoms with Gasteiger partial charge in [0.25, 0.3) is 5.91 Å². The molecule has 0 aliphatic carbocycles.